The number of carbonyl (C=O) groups excluding carboxylic acids is 2. The number of amides is 2. The Morgan fingerprint density at radius 1 is 1.29 bits per heavy atom. The van der Waals surface area contributed by atoms with Crippen molar-refractivity contribution < 1.29 is 18.0 Å². The monoisotopic (exact) mass is 376 g/mol. The maximum absolute atomic E-state index is 12.5. The molecule has 10 heteroatoms. The number of piperazine rings is 1. The van der Waals surface area contributed by atoms with Crippen molar-refractivity contribution in [2.45, 2.75) is 11.3 Å². The van der Waals surface area contributed by atoms with E-state index in [1.807, 2.05) is 0 Å². The van der Waals surface area contributed by atoms with Crippen molar-refractivity contribution >= 4 is 34.2 Å². The summed E-state index contributed by atoms with van der Waals surface area (Å²) in [5.74, 6) is -0.601. The fourth-order valence-corrected chi connectivity index (χ4v) is 3.55. The zero-order valence-corrected chi connectivity index (χ0v) is 14.7. The van der Waals surface area contributed by atoms with E-state index in [0.717, 1.165) is 4.31 Å². The molecule has 134 valence electrons. The minimum Gasteiger partial charge on any atom is -0.354 e. The molecule has 0 unspecified atom stereocenters. The van der Waals surface area contributed by atoms with E-state index in [-0.39, 0.29) is 42.2 Å². The van der Waals surface area contributed by atoms with Gasteiger partial charge >= 0.3 is 0 Å². The smallest absolute Gasteiger partial charge is 0.251 e. The van der Waals surface area contributed by atoms with Gasteiger partial charge in [-0.05, 0) is 37.2 Å². The van der Waals surface area contributed by atoms with Crippen LogP contribution >= 0.6 is 12.4 Å². The highest BCUT2D eigenvalue weighted by molar-refractivity contribution is 7.89. The molecule has 0 radical (unpaired) electrons. The van der Waals surface area contributed by atoms with Crippen LogP contribution in [0.3, 0.4) is 0 Å². The van der Waals surface area contributed by atoms with Crippen LogP contribution in [-0.4, -0.2) is 57.3 Å². The van der Waals surface area contributed by atoms with Crippen LogP contribution in [0.1, 0.15) is 16.8 Å². The Hall–Kier alpha value is -1.68. The minimum atomic E-state index is -3.73. The number of hydrogen-bond acceptors (Lipinski definition) is 5. The normalized spacial score (nSPS) is 15.3. The van der Waals surface area contributed by atoms with Gasteiger partial charge in [0.1, 0.15) is 0 Å². The van der Waals surface area contributed by atoms with Crippen LogP contribution in [0, 0.1) is 0 Å². The van der Waals surface area contributed by atoms with Crippen LogP contribution in [0.15, 0.2) is 29.2 Å². The second kappa shape index (κ2) is 8.97. The lowest BCUT2D eigenvalue weighted by atomic mass is 10.2. The molecule has 0 aliphatic carbocycles. The third kappa shape index (κ3) is 4.91. The highest BCUT2D eigenvalue weighted by Crippen LogP contribution is 2.17. The van der Waals surface area contributed by atoms with E-state index in [1.165, 1.54) is 24.3 Å². The number of nitrogens with zero attached hydrogens (tertiary/aromatic N) is 1. The van der Waals surface area contributed by atoms with E-state index < -0.39 is 10.0 Å². The fraction of sp³-hybridized carbons (Fsp3) is 0.429. The zero-order chi connectivity index (χ0) is 16.9. The maximum atomic E-state index is 12.5. The third-order valence-corrected chi connectivity index (χ3v) is 5.28. The molecule has 24 heavy (non-hydrogen) atoms. The van der Waals surface area contributed by atoms with Crippen molar-refractivity contribution in [1.29, 1.82) is 0 Å². The zero-order valence-electron chi connectivity index (χ0n) is 13.0. The molecule has 1 aliphatic heterocycles. The Morgan fingerprint density at radius 2 is 1.96 bits per heavy atom. The van der Waals surface area contributed by atoms with Crippen LogP contribution in [-0.2, 0) is 14.8 Å². The van der Waals surface area contributed by atoms with Crippen molar-refractivity contribution in [2.24, 2.45) is 5.73 Å². The summed E-state index contributed by atoms with van der Waals surface area (Å²) in [6.07, 6.45) is 0.676. The molecular weight excluding hydrogens is 356 g/mol. The number of sulfonamides is 1. The molecule has 2 rings (SSSR count). The van der Waals surface area contributed by atoms with Gasteiger partial charge in [0, 0.05) is 25.2 Å². The summed E-state index contributed by atoms with van der Waals surface area (Å²) in [7, 11) is -3.73. The Labute approximate surface area is 147 Å². The number of halogens is 1. The Balaban J connectivity index is 0.00000288. The number of hydrogen-bond donors (Lipinski definition) is 3. The second-order valence-corrected chi connectivity index (χ2v) is 7.05. The first-order valence-corrected chi connectivity index (χ1v) is 8.74. The Bertz CT molecular complexity index is 679. The quantitative estimate of drug-likeness (QED) is 0.567. The van der Waals surface area contributed by atoms with E-state index >= 15 is 0 Å². The van der Waals surface area contributed by atoms with Gasteiger partial charge in [-0.15, -0.1) is 12.4 Å². The summed E-state index contributed by atoms with van der Waals surface area (Å²) in [5, 5.41) is 5.27. The van der Waals surface area contributed by atoms with Gasteiger partial charge in [-0.25, -0.2) is 8.42 Å². The molecule has 0 spiro atoms. The Kier molecular flexibility index (Phi) is 7.61. The summed E-state index contributed by atoms with van der Waals surface area (Å²) < 4.78 is 26.0. The van der Waals surface area contributed by atoms with Crippen molar-refractivity contribution in [3.8, 4) is 0 Å². The topological polar surface area (TPSA) is 122 Å². The van der Waals surface area contributed by atoms with Gasteiger partial charge in [-0.2, -0.15) is 4.31 Å². The molecule has 1 aromatic rings. The predicted octanol–water partition coefficient (Wildman–Crippen LogP) is -0.692. The van der Waals surface area contributed by atoms with Crippen molar-refractivity contribution in [3.63, 3.8) is 0 Å². The molecule has 1 saturated heterocycles. The molecule has 2 amide bonds. The number of nitrogens with one attached hydrogen (secondary N) is 2. The molecule has 0 bridgehead atoms. The minimum absolute atomic E-state index is 0. The lowest BCUT2D eigenvalue weighted by Gasteiger charge is -2.25. The third-order valence-electron chi connectivity index (χ3n) is 3.42. The molecule has 1 heterocycles. The SMILES string of the molecule is Cl.NCCCNC(=O)c1ccc(S(=O)(=O)N2CCNC(=O)C2)cc1. The van der Waals surface area contributed by atoms with Gasteiger partial charge in [0.25, 0.3) is 5.91 Å². The van der Waals surface area contributed by atoms with Crippen LogP contribution in [0.4, 0.5) is 0 Å². The van der Waals surface area contributed by atoms with E-state index in [1.54, 1.807) is 0 Å². The first-order chi connectivity index (χ1) is 10.9. The van der Waals surface area contributed by atoms with Gasteiger partial charge in [0.15, 0.2) is 0 Å². The van der Waals surface area contributed by atoms with Crippen LogP contribution in [0.25, 0.3) is 0 Å². The maximum Gasteiger partial charge on any atom is 0.251 e. The van der Waals surface area contributed by atoms with E-state index in [4.69, 9.17) is 5.73 Å². The molecular formula is C14H21ClN4O4S. The van der Waals surface area contributed by atoms with Crippen molar-refractivity contribution in [2.75, 3.05) is 32.7 Å². The first kappa shape index (κ1) is 20.4. The summed E-state index contributed by atoms with van der Waals surface area (Å²) >= 11 is 0. The number of carbonyl (C=O) groups is 2. The van der Waals surface area contributed by atoms with E-state index in [0.29, 0.717) is 31.6 Å². The highest BCUT2D eigenvalue weighted by atomic mass is 35.5. The second-order valence-electron chi connectivity index (χ2n) is 5.11. The predicted molar refractivity (Wildman–Crippen MR) is 91.5 cm³/mol. The molecule has 1 aliphatic rings. The van der Waals surface area contributed by atoms with Gasteiger partial charge in [0.05, 0.1) is 11.4 Å². The van der Waals surface area contributed by atoms with Gasteiger partial charge in [-0.1, -0.05) is 0 Å². The van der Waals surface area contributed by atoms with E-state index in [9.17, 15) is 18.0 Å². The standard InChI is InChI=1S/C14H20N4O4S.ClH/c15-6-1-7-17-14(20)11-2-4-12(5-3-11)23(21,22)18-9-8-16-13(19)10-18;/h2-5H,1,6-10,15H2,(H,16,19)(H,17,20);1H. The van der Waals surface area contributed by atoms with Crippen LogP contribution in [0.2, 0.25) is 0 Å². The van der Waals surface area contributed by atoms with Crippen molar-refractivity contribution in [3.05, 3.63) is 29.8 Å². The van der Waals surface area contributed by atoms with Gasteiger partial charge in [-0.3, -0.25) is 9.59 Å². The van der Waals surface area contributed by atoms with E-state index in [2.05, 4.69) is 10.6 Å². The van der Waals surface area contributed by atoms with Crippen molar-refractivity contribution in [1.82, 2.24) is 14.9 Å². The van der Waals surface area contributed by atoms with Gasteiger partial charge < -0.3 is 16.4 Å². The number of rotatable bonds is 6. The average Bonchev–Trinajstić information content (AvgIpc) is 2.55. The molecule has 0 aromatic heterocycles. The largest absolute Gasteiger partial charge is 0.354 e. The lowest BCUT2D eigenvalue weighted by molar-refractivity contribution is -0.122. The van der Waals surface area contributed by atoms with Crippen LogP contribution in [0.5, 0.6) is 0 Å². The summed E-state index contributed by atoms with van der Waals surface area (Å²) in [6, 6.07) is 5.66. The Morgan fingerprint density at radius 3 is 2.54 bits per heavy atom. The molecule has 1 fully saturated rings. The first-order valence-electron chi connectivity index (χ1n) is 7.30. The molecule has 8 nitrogen and oxygen atoms in total. The average molecular weight is 377 g/mol. The summed E-state index contributed by atoms with van der Waals surface area (Å²) in [5.41, 5.74) is 5.72. The molecule has 0 atom stereocenters. The lowest BCUT2D eigenvalue weighted by Crippen LogP contribution is -2.49. The fourth-order valence-electron chi connectivity index (χ4n) is 2.15. The molecule has 1 aromatic carbocycles. The number of benzene rings is 1. The van der Waals surface area contributed by atoms with Gasteiger partial charge in [0.2, 0.25) is 15.9 Å². The highest BCUT2D eigenvalue weighted by Gasteiger charge is 2.29. The molecule has 0 saturated carbocycles. The van der Waals surface area contributed by atoms with Crippen LogP contribution < -0.4 is 16.4 Å². The summed E-state index contributed by atoms with van der Waals surface area (Å²) in [4.78, 5) is 23.3. The summed E-state index contributed by atoms with van der Waals surface area (Å²) in [6.45, 7) is 1.29. The molecule has 4 N–H and O–H groups in total. The number of nitrogens with two attached hydrogens (primary N) is 1.